The SMILES string of the molecule is Cc1ccc(NC(=O)CN2CCNCC2C)c(Br)c1.Cl. The molecule has 112 valence electrons. The van der Waals surface area contributed by atoms with Crippen LogP contribution in [-0.4, -0.2) is 43.0 Å². The van der Waals surface area contributed by atoms with Gasteiger partial charge in [0.15, 0.2) is 0 Å². The molecule has 20 heavy (non-hydrogen) atoms. The van der Waals surface area contributed by atoms with Crippen molar-refractivity contribution in [1.82, 2.24) is 10.2 Å². The topological polar surface area (TPSA) is 44.4 Å². The van der Waals surface area contributed by atoms with E-state index in [1.807, 2.05) is 25.1 Å². The molecule has 1 aromatic rings. The number of halogens is 2. The number of rotatable bonds is 3. The fraction of sp³-hybridized carbons (Fsp3) is 0.500. The van der Waals surface area contributed by atoms with Crippen LogP contribution in [0.1, 0.15) is 12.5 Å². The summed E-state index contributed by atoms with van der Waals surface area (Å²) < 4.78 is 0.925. The molecule has 1 fully saturated rings. The number of carbonyl (C=O) groups is 1. The molecule has 2 rings (SSSR count). The average molecular weight is 363 g/mol. The van der Waals surface area contributed by atoms with Crippen LogP contribution in [0.4, 0.5) is 5.69 Å². The highest BCUT2D eigenvalue weighted by Gasteiger charge is 2.20. The van der Waals surface area contributed by atoms with Crippen molar-refractivity contribution in [2.45, 2.75) is 19.9 Å². The van der Waals surface area contributed by atoms with E-state index in [1.165, 1.54) is 5.56 Å². The van der Waals surface area contributed by atoms with Gasteiger partial charge in [0.1, 0.15) is 0 Å². The summed E-state index contributed by atoms with van der Waals surface area (Å²) in [5, 5.41) is 6.28. The van der Waals surface area contributed by atoms with Gasteiger partial charge in [-0.2, -0.15) is 0 Å². The number of aryl methyl sites for hydroxylation is 1. The lowest BCUT2D eigenvalue weighted by Gasteiger charge is -2.33. The molecule has 1 aliphatic heterocycles. The summed E-state index contributed by atoms with van der Waals surface area (Å²) in [6.07, 6.45) is 0. The zero-order chi connectivity index (χ0) is 13.8. The minimum Gasteiger partial charge on any atom is -0.324 e. The Labute approximate surface area is 134 Å². The first-order chi connectivity index (χ1) is 9.06. The van der Waals surface area contributed by atoms with Crippen LogP contribution in [0.2, 0.25) is 0 Å². The Bertz CT molecular complexity index is 470. The van der Waals surface area contributed by atoms with Gasteiger partial charge in [-0.1, -0.05) is 6.07 Å². The van der Waals surface area contributed by atoms with E-state index in [4.69, 9.17) is 0 Å². The second kappa shape index (κ2) is 7.98. The van der Waals surface area contributed by atoms with E-state index in [1.54, 1.807) is 0 Å². The second-order valence-corrected chi connectivity index (χ2v) is 5.91. The monoisotopic (exact) mass is 361 g/mol. The van der Waals surface area contributed by atoms with Gasteiger partial charge < -0.3 is 10.6 Å². The first-order valence-corrected chi connectivity index (χ1v) is 7.36. The third kappa shape index (κ3) is 4.74. The lowest BCUT2D eigenvalue weighted by molar-refractivity contribution is -0.118. The average Bonchev–Trinajstić information content (AvgIpc) is 2.36. The summed E-state index contributed by atoms with van der Waals surface area (Å²) in [7, 11) is 0. The molecular formula is C14H21BrClN3O. The number of piperazine rings is 1. The van der Waals surface area contributed by atoms with E-state index in [-0.39, 0.29) is 18.3 Å². The summed E-state index contributed by atoms with van der Waals surface area (Å²) in [5.74, 6) is 0.0401. The number of hydrogen-bond donors (Lipinski definition) is 2. The first-order valence-electron chi connectivity index (χ1n) is 6.57. The van der Waals surface area contributed by atoms with E-state index < -0.39 is 0 Å². The molecule has 0 aromatic heterocycles. The largest absolute Gasteiger partial charge is 0.324 e. The molecule has 0 bridgehead atoms. The molecule has 0 radical (unpaired) electrons. The van der Waals surface area contributed by atoms with Crippen LogP contribution in [0.15, 0.2) is 22.7 Å². The predicted molar refractivity (Wildman–Crippen MR) is 88.7 cm³/mol. The minimum atomic E-state index is 0. The maximum atomic E-state index is 12.1. The zero-order valence-corrected chi connectivity index (χ0v) is 14.2. The molecule has 1 aliphatic rings. The smallest absolute Gasteiger partial charge is 0.238 e. The van der Waals surface area contributed by atoms with Crippen molar-refractivity contribution in [1.29, 1.82) is 0 Å². The first kappa shape index (κ1) is 17.4. The lowest BCUT2D eigenvalue weighted by Crippen LogP contribution is -2.52. The molecule has 1 heterocycles. The fourth-order valence-corrected chi connectivity index (χ4v) is 2.81. The number of amides is 1. The fourth-order valence-electron chi connectivity index (χ4n) is 2.21. The third-order valence-electron chi connectivity index (χ3n) is 3.38. The molecule has 1 atom stereocenters. The maximum absolute atomic E-state index is 12.1. The Morgan fingerprint density at radius 2 is 2.30 bits per heavy atom. The quantitative estimate of drug-likeness (QED) is 0.868. The van der Waals surface area contributed by atoms with Crippen molar-refractivity contribution >= 4 is 39.9 Å². The molecule has 1 amide bonds. The molecule has 4 nitrogen and oxygen atoms in total. The molecule has 1 unspecified atom stereocenters. The van der Waals surface area contributed by atoms with Gasteiger partial charge in [-0.3, -0.25) is 9.69 Å². The van der Waals surface area contributed by atoms with Gasteiger partial charge in [0.25, 0.3) is 0 Å². The Hall–Kier alpha value is -0.620. The standard InChI is InChI=1S/C14H20BrN3O.ClH/c1-10-3-4-13(12(15)7-10)17-14(19)9-18-6-5-16-8-11(18)2;/h3-4,7,11,16H,5-6,8-9H2,1-2H3,(H,17,19);1H. The van der Waals surface area contributed by atoms with Crippen molar-refractivity contribution < 1.29 is 4.79 Å². The van der Waals surface area contributed by atoms with Gasteiger partial charge in [-0.15, -0.1) is 12.4 Å². The van der Waals surface area contributed by atoms with Gasteiger partial charge >= 0.3 is 0 Å². The summed E-state index contributed by atoms with van der Waals surface area (Å²) in [6, 6.07) is 6.33. The summed E-state index contributed by atoms with van der Waals surface area (Å²) in [5.41, 5.74) is 2.00. The van der Waals surface area contributed by atoms with Gasteiger partial charge in [0.2, 0.25) is 5.91 Å². The summed E-state index contributed by atoms with van der Waals surface area (Å²) >= 11 is 3.47. The van der Waals surface area contributed by atoms with Crippen LogP contribution in [0.3, 0.4) is 0 Å². The number of benzene rings is 1. The highest BCUT2D eigenvalue weighted by molar-refractivity contribution is 9.10. The second-order valence-electron chi connectivity index (χ2n) is 5.06. The van der Waals surface area contributed by atoms with Crippen LogP contribution in [0.25, 0.3) is 0 Å². The number of nitrogens with zero attached hydrogens (tertiary/aromatic N) is 1. The molecule has 0 spiro atoms. The number of nitrogens with one attached hydrogen (secondary N) is 2. The number of carbonyl (C=O) groups excluding carboxylic acids is 1. The summed E-state index contributed by atoms with van der Waals surface area (Å²) in [4.78, 5) is 14.3. The number of hydrogen-bond acceptors (Lipinski definition) is 3. The van der Waals surface area contributed by atoms with Crippen molar-refractivity contribution in [2.24, 2.45) is 0 Å². The lowest BCUT2D eigenvalue weighted by atomic mass is 10.2. The molecule has 1 saturated heterocycles. The molecule has 2 N–H and O–H groups in total. The molecular weight excluding hydrogens is 342 g/mol. The van der Waals surface area contributed by atoms with E-state index in [0.717, 1.165) is 29.8 Å². The molecule has 0 saturated carbocycles. The van der Waals surface area contributed by atoms with Crippen molar-refractivity contribution in [3.63, 3.8) is 0 Å². The van der Waals surface area contributed by atoms with Crippen LogP contribution in [0, 0.1) is 6.92 Å². The predicted octanol–water partition coefficient (Wildman–Crippen LogP) is 2.41. The minimum absolute atomic E-state index is 0. The van der Waals surface area contributed by atoms with Gasteiger partial charge in [-0.05, 0) is 47.5 Å². The summed E-state index contributed by atoms with van der Waals surface area (Å²) in [6.45, 7) is 7.43. The van der Waals surface area contributed by atoms with Gasteiger partial charge in [-0.25, -0.2) is 0 Å². The molecule has 0 aliphatic carbocycles. The third-order valence-corrected chi connectivity index (χ3v) is 4.04. The highest BCUT2D eigenvalue weighted by Crippen LogP contribution is 2.23. The highest BCUT2D eigenvalue weighted by atomic mass is 79.9. The van der Waals surface area contributed by atoms with Crippen LogP contribution < -0.4 is 10.6 Å². The maximum Gasteiger partial charge on any atom is 0.238 e. The molecule has 6 heteroatoms. The Morgan fingerprint density at radius 1 is 1.55 bits per heavy atom. The van der Waals surface area contributed by atoms with E-state index in [0.29, 0.717) is 12.6 Å². The zero-order valence-electron chi connectivity index (χ0n) is 11.8. The number of anilines is 1. The Morgan fingerprint density at radius 3 is 2.95 bits per heavy atom. The van der Waals surface area contributed by atoms with Crippen LogP contribution >= 0.6 is 28.3 Å². The van der Waals surface area contributed by atoms with Gasteiger partial charge in [0, 0.05) is 30.1 Å². The molecule has 1 aromatic carbocycles. The Kier molecular flexibility index (Phi) is 6.95. The van der Waals surface area contributed by atoms with Crippen LogP contribution in [-0.2, 0) is 4.79 Å². The van der Waals surface area contributed by atoms with E-state index in [2.05, 4.69) is 38.4 Å². The van der Waals surface area contributed by atoms with E-state index >= 15 is 0 Å². The van der Waals surface area contributed by atoms with E-state index in [9.17, 15) is 4.79 Å². The van der Waals surface area contributed by atoms with Crippen molar-refractivity contribution in [2.75, 3.05) is 31.5 Å². The van der Waals surface area contributed by atoms with Gasteiger partial charge in [0.05, 0.1) is 12.2 Å². The normalized spacial score (nSPS) is 19.2. The van der Waals surface area contributed by atoms with Crippen molar-refractivity contribution in [3.05, 3.63) is 28.2 Å². The Balaban J connectivity index is 0.00000200. The van der Waals surface area contributed by atoms with Crippen LogP contribution in [0.5, 0.6) is 0 Å². The van der Waals surface area contributed by atoms with Crippen molar-refractivity contribution in [3.8, 4) is 0 Å².